The van der Waals surface area contributed by atoms with Crippen LogP contribution in [0.25, 0.3) is 0 Å². The molecule has 0 unspecified atom stereocenters. The highest BCUT2D eigenvalue weighted by Crippen LogP contribution is 2.20. The zero-order valence-corrected chi connectivity index (χ0v) is 11.9. The van der Waals surface area contributed by atoms with Gasteiger partial charge in [0.2, 0.25) is 0 Å². The average molecular weight is 292 g/mol. The van der Waals surface area contributed by atoms with E-state index in [1.54, 1.807) is 7.11 Å². The van der Waals surface area contributed by atoms with Crippen molar-refractivity contribution in [1.82, 2.24) is 20.3 Å². The molecule has 0 aromatic carbocycles. The molecule has 106 valence electrons. The third-order valence-corrected chi connectivity index (χ3v) is 3.31. The highest BCUT2D eigenvalue weighted by atomic mass is 32.2. The van der Waals surface area contributed by atoms with E-state index in [-0.39, 0.29) is 5.56 Å². The number of H-pyrrole nitrogens is 1. The van der Waals surface area contributed by atoms with Crippen LogP contribution < -0.4 is 10.9 Å². The molecular weight excluding hydrogens is 276 g/mol. The predicted octanol–water partition coefficient (Wildman–Crippen LogP) is 1.05. The summed E-state index contributed by atoms with van der Waals surface area (Å²) in [6.07, 6.45) is 3.29. The minimum Gasteiger partial charge on any atom is -0.383 e. The minimum absolute atomic E-state index is 0.165. The van der Waals surface area contributed by atoms with Crippen molar-refractivity contribution >= 4 is 11.8 Å². The molecule has 0 spiro atoms. The Hall–Kier alpha value is -1.70. The largest absolute Gasteiger partial charge is 0.383 e. The summed E-state index contributed by atoms with van der Waals surface area (Å²) in [4.78, 5) is 22.2. The van der Waals surface area contributed by atoms with E-state index in [9.17, 15) is 4.79 Å². The first-order chi connectivity index (χ1) is 9.78. The molecule has 0 aliphatic carbocycles. The van der Waals surface area contributed by atoms with Gasteiger partial charge in [-0.15, -0.1) is 0 Å². The number of rotatable bonds is 7. The Balaban J connectivity index is 1.89. The fraction of sp³-hybridized carbons (Fsp3) is 0.308. The summed E-state index contributed by atoms with van der Waals surface area (Å²) < 4.78 is 4.96. The van der Waals surface area contributed by atoms with E-state index < -0.39 is 0 Å². The van der Waals surface area contributed by atoms with E-state index in [0.29, 0.717) is 11.8 Å². The van der Waals surface area contributed by atoms with E-state index >= 15 is 0 Å². The summed E-state index contributed by atoms with van der Waals surface area (Å²) in [5, 5.41) is 4.58. The molecule has 2 heterocycles. The van der Waals surface area contributed by atoms with Gasteiger partial charge in [0.1, 0.15) is 5.03 Å². The second-order valence-electron chi connectivity index (χ2n) is 4.02. The summed E-state index contributed by atoms with van der Waals surface area (Å²) in [6, 6.07) is 5.29. The van der Waals surface area contributed by atoms with Gasteiger partial charge in [0.15, 0.2) is 5.16 Å². The Bertz CT molecular complexity index is 585. The number of pyridine rings is 1. The first-order valence-electron chi connectivity index (χ1n) is 6.15. The maximum atomic E-state index is 11.2. The Morgan fingerprint density at radius 2 is 2.25 bits per heavy atom. The van der Waals surface area contributed by atoms with Gasteiger partial charge in [0.25, 0.3) is 5.56 Å². The van der Waals surface area contributed by atoms with Crippen molar-refractivity contribution in [2.45, 2.75) is 16.7 Å². The molecule has 2 N–H and O–H groups in total. The van der Waals surface area contributed by atoms with Crippen LogP contribution in [0.4, 0.5) is 0 Å². The summed E-state index contributed by atoms with van der Waals surface area (Å²) >= 11 is 1.32. The van der Waals surface area contributed by atoms with E-state index in [2.05, 4.69) is 20.3 Å². The molecule has 2 rings (SSSR count). The lowest BCUT2D eigenvalue weighted by Gasteiger charge is -2.05. The molecule has 0 saturated carbocycles. The van der Waals surface area contributed by atoms with Crippen LogP contribution in [0.3, 0.4) is 0 Å². The van der Waals surface area contributed by atoms with Crippen molar-refractivity contribution in [3.05, 3.63) is 46.5 Å². The van der Waals surface area contributed by atoms with Gasteiger partial charge in [0, 0.05) is 38.7 Å². The molecule has 0 saturated heterocycles. The first-order valence-corrected chi connectivity index (χ1v) is 6.97. The van der Waals surface area contributed by atoms with Crippen LogP contribution in [0.1, 0.15) is 5.56 Å². The molecule has 0 radical (unpaired) electrons. The average Bonchev–Trinajstić information content (AvgIpc) is 2.45. The molecule has 0 fully saturated rings. The molecule has 6 nitrogen and oxygen atoms in total. The molecule has 2 aromatic heterocycles. The third-order valence-electron chi connectivity index (χ3n) is 2.46. The van der Waals surface area contributed by atoms with Crippen LogP contribution in [-0.4, -0.2) is 35.2 Å². The number of nitrogens with one attached hydrogen (secondary N) is 2. The molecule has 7 heteroatoms. The Kier molecular flexibility index (Phi) is 5.72. The van der Waals surface area contributed by atoms with E-state index in [4.69, 9.17) is 4.74 Å². The van der Waals surface area contributed by atoms with E-state index in [1.807, 2.05) is 18.3 Å². The molecule has 0 aliphatic rings. The monoisotopic (exact) mass is 292 g/mol. The van der Waals surface area contributed by atoms with Gasteiger partial charge in [-0.3, -0.25) is 4.79 Å². The van der Waals surface area contributed by atoms with Crippen molar-refractivity contribution in [2.75, 3.05) is 20.3 Å². The third kappa shape index (κ3) is 4.76. The fourth-order valence-corrected chi connectivity index (χ4v) is 2.19. The molecule has 0 atom stereocenters. The lowest BCUT2D eigenvalue weighted by molar-refractivity contribution is 0.199. The van der Waals surface area contributed by atoms with Crippen molar-refractivity contribution < 1.29 is 4.74 Å². The number of hydrogen-bond donors (Lipinski definition) is 2. The molecule has 0 aliphatic heterocycles. The van der Waals surface area contributed by atoms with Gasteiger partial charge in [0.05, 0.1) is 6.61 Å². The first kappa shape index (κ1) is 14.7. The predicted molar refractivity (Wildman–Crippen MR) is 76.8 cm³/mol. The van der Waals surface area contributed by atoms with E-state index in [0.717, 1.165) is 23.7 Å². The second-order valence-corrected chi connectivity index (χ2v) is 5.02. The van der Waals surface area contributed by atoms with Gasteiger partial charge in [-0.1, -0.05) is 6.07 Å². The van der Waals surface area contributed by atoms with Gasteiger partial charge in [-0.2, -0.15) is 0 Å². The number of aromatic amines is 1. The highest BCUT2D eigenvalue weighted by Gasteiger charge is 2.01. The zero-order chi connectivity index (χ0) is 14.2. The molecule has 2 aromatic rings. The lowest BCUT2D eigenvalue weighted by Crippen LogP contribution is -2.18. The second kappa shape index (κ2) is 7.78. The number of nitrogens with zero attached hydrogens (tertiary/aromatic N) is 2. The van der Waals surface area contributed by atoms with Crippen molar-refractivity contribution in [3.8, 4) is 0 Å². The number of methoxy groups -OCH3 is 1. The smallest absolute Gasteiger partial charge is 0.251 e. The molecule has 20 heavy (non-hydrogen) atoms. The van der Waals surface area contributed by atoms with E-state index in [1.165, 1.54) is 24.0 Å². The van der Waals surface area contributed by atoms with Crippen LogP contribution in [0.2, 0.25) is 0 Å². The van der Waals surface area contributed by atoms with Crippen LogP contribution in [0.15, 0.2) is 45.6 Å². The Morgan fingerprint density at radius 3 is 2.95 bits per heavy atom. The number of aromatic nitrogens is 3. The highest BCUT2D eigenvalue weighted by molar-refractivity contribution is 7.99. The topological polar surface area (TPSA) is 79.9 Å². The summed E-state index contributed by atoms with van der Waals surface area (Å²) in [5.74, 6) is 0. The quantitative estimate of drug-likeness (QED) is 0.586. The van der Waals surface area contributed by atoms with Crippen LogP contribution >= 0.6 is 11.8 Å². The fourth-order valence-electron chi connectivity index (χ4n) is 1.49. The number of hydrogen-bond acceptors (Lipinski definition) is 6. The van der Waals surface area contributed by atoms with Gasteiger partial charge < -0.3 is 15.0 Å². The molecule has 0 amide bonds. The van der Waals surface area contributed by atoms with Crippen LogP contribution in [-0.2, 0) is 11.3 Å². The molecular formula is C13H16N4O2S. The summed E-state index contributed by atoms with van der Waals surface area (Å²) in [7, 11) is 1.68. The minimum atomic E-state index is -0.165. The van der Waals surface area contributed by atoms with Crippen molar-refractivity contribution in [3.63, 3.8) is 0 Å². The number of ether oxygens (including phenoxy) is 1. The summed E-state index contributed by atoms with van der Waals surface area (Å²) in [6.45, 7) is 2.25. The lowest BCUT2D eigenvalue weighted by atomic mass is 10.3. The van der Waals surface area contributed by atoms with Crippen LogP contribution in [0.5, 0.6) is 0 Å². The van der Waals surface area contributed by atoms with Crippen LogP contribution in [0, 0.1) is 0 Å². The SMILES string of the molecule is COCCNCc1ccc(Sc2nccc(=O)[nH]2)nc1. The van der Waals surface area contributed by atoms with Gasteiger partial charge in [-0.25, -0.2) is 9.97 Å². The zero-order valence-electron chi connectivity index (χ0n) is 11.1. The van der Waals surface area contributed by atoms with Gasteiger partial charge >= 0.3 is 0 Å². The normalized spacial score (nSPS) is 10.7. The standard InChI is InChI=1S/C13H16N4O2S/c1-19-7-6-14-8-10-2-3-12(16-9-10)20-13-15-5-4-11(18)17-13/h2-5,9,14H,6-8H2,1H3,(H,15,17,18). The molecule has 0 bridgehead atoms. The Morgan fingerprint density at radius 1 is 1.35 bits per heavy atom. The maximum absolute atomic E-state index is 11.2. The summed E-state index contributed by atoms with van der Waals surface area (Å²) in [5.41, 5.74) is 0.932. The van der Waals surface area contributed by atoms with Gasteiger partial charge in [-0.05, 0) is 23.4 Å². The van der Waals surface area contributed by atoms with Crippen molar-refractivity contribution in [1.29, 1.82) is 0 Å². The van der Waals surface area contributed by atoms with Crippen molar-refractivity contribution in [2.24, 2.45) is 0 Å². The maximum Gasteiger partial charge on any atom is 0.251 e. The Labute approximate surface area is 121 Å².